The van der Waals surface area contributed by atoms with Gasteiger partial charge in [-0.25, -0.2) is 4.39 Å². The lowest BCUT2D eigenvalue weighted by Crippen LogP contribution is -2.06. The summed E-state index contributed by atoms with van der Waals surface area (Å²) in [5, 5.41) is 0.394. The van der Waals surface area contributed by atoms with Crippen LogP contribution in [0.2, 0.25) is 5.02 Å². The molecule has 0 amide bonds. The van der Waals surface area contributed by atoms with Crippen molar-refractivity contribution in [2.24, 2.45) is 5.92 Å². The second kappa shape index (κ2) is 5.57. The van der Waals surface area contributed by atoms with Crippen molar-refractivity contribution in [2.75, 3.05) is 0 Å². The van der Waals surface area contributed by atoms with E-state index in [0.717, 1.165) is 0 Å². The third kappa shape index (κ3) is 3.04. The lowest BCUT2D eigenvalue weighted by Gasteiger charge is -2.07. The van der Waals surface area contributed by atoms with E-state index in [-0.39, 0.29) is 17.5 Å². The van der Waals surface area contributed by atoms with Crippen molar-refractivity contribution in [3.63, 3.8) is 0 Å². The Morgan fingerprint density at radius 3 is 2.74 bits per heavy atom. The van der Waals surface area contributed by atoms with E-state index >= 15 is 0 Å². The molecule has 1 aromatic carbocycles. The fourth-order valence-electron chi connectivity index (χ4n) is 1.88. The Kier molecular flexibility index (Phi) is 4.05. The lowest BCUT2D eigenvalue weighted by molar-refractivity contribution is 0.0939. The second-order valence-electron chi connectivity index (χ2n) is 4.79. The zero-order valence-electron chi connectivity index (χ0n) is 10.9. The number of Topliss-reactive ketones (excluding diaryl/α,β-unsaturated/α-hetero) is 1. The SMILES string of the molecule is CC(C)C(=O)c1ccn(Cc2c(F)cccc2Cl)c1. The van der Waals surface area contributed by atoms with E-state index in [1.54, 1.807) is 35.2 Å². The van der Waals surface area contributed by atoms with Gasteiger partial charge < -0.3 is 4.57 Å². The van der Waals surface area contributed by atoms with Crippen LogP contribution in [-0.2, 0) is 6.54 Å². The monoisotopic (exact) mass is 279 g/mol. The van der Waals surface area contributed by atoms with Crippen molar-refractivity contribution in [2.45, 2.75) is 20.4 Å². The summed E-state index contributed by atoms with van der Waals surface area (Å²) in [7, 11) is 0. The highest BCUT2D eigenvalue weighted by atomic mass is 35.5. The Labute approximate surface area is 116 Å². The average molecular weight is 280 g/mol. The topological polar surface area (TPSA) is 22.0 Å². The molecule has 0 aliphatic carbocycles. The van der Waals surface area contributed by atoms with Crippen LogP contribution in [0.25, 0.3) is 0 Å². The van der Waals surface area contributed by atoms with E-state index in [1.807, 2.05) is 13.8 Å². The number of rotatable bonds is 4. The molecule has 2 nitrogen and oxygen atoms in total. The molecule has 0 aliphatic heterocycles. The number of halogens is 2. The largest absolute Gasteiger partial charge is 0.349 e. The Morgan fingerprint density at radius 2 is 2.11 bits per heavy atom. The van der Waals surface area contributed by atoms with Crippen LogP contribution in [0.4, 0.5) is 4.39 Å². The molecule has 1 heterocycles. The number of aromatic nitrogens is 1. The first-order chi connectivity index (χ1) is 8.99. The first-order valence-electron chi connectivity index (χ1n) is 6.12. The molecule has 100 valence electrons. The van der Waals surface area contributed by atoms with Gasteiger partial charge in [-0.1, -0.05) is 31.5 Å². The van der Waals surface area contributed by atoms with Crippen molar-refractivity contribution < 1.29 is 9.18 Å². The minimum atomic E-state index is -0.335. The lowest BCUT2D eigenvalue weighted by atomic mass is 10.0. The zero-order chi connectivity index (χ0) is 14.0. The van der Waals surface area contributed by atoms with E-state index in [2.05, 4.69) is 0 Å². The summed E-state index contributed by atoms with van der Waals surface area (Å²) in [6.07, 6.45) is 3.49. The van der Waals surface area contributed by atoms with E-state index in [9.17, 15) is 9.18 Å². The van der Waals surface area contributed by atoms with E-state index < -0.39 is 0 Å². The molecule has 0 fully saturated rings. The fraction of sp³-hybridized carbons (Fsp3) is 0.267. The van der Waals surface area contributed by atoms with Gasteiger partial charge in [0.15, 0.2) is 5.78 Å². The van der Waals surface area contributed by atoms with Gasteiger partial charge in [-0.3, -0.25) is 4.79 Å². The number of benzene rings is 1. The molecule has 0 bridgehead atoms. The van der Waals surface area contributed by atoms with Crippen molar-refractivity contribution in [1.82, 2.24) is 4.57 Å². The van der Waals surface area contributed by atoms with Gasteiger partial charge in [-0.05, 0) is 18.2 Å². The summed E-state index contributed by atoms with van der Waals surface area (Å²) in [6.45, 7) is 4.03. The molecule has 0 saturated carbocycles. The maximum atomic E-state index is 13.7. The fourth-order valence-corrected chi connectivity index (χ4v) is 2.11. The standard InChI is InChI=1S/C15H15ClFNO/c1-10(2)15(19)11-6-7-18(8-11)9-12-13(16)4-3-5-14(12)17/h3-8,10H,9H2,1-2H3. The molecule has 19 heavy (non-hydrogen) atoms. The Bertz CT molecular complexity index is 584. The number of ketones is 1. The van der Waals surface area contributed by atoms with E-state index in [1.165, 1.54) is 6.07 Å². The Balaban J connectivity index is 2.23. The molecule has 0 radical (unpaired) electrons. The van der Waals surface area contributed by atoms with Crippen LogP contribution < -0.4 is 0 Å². The highest BCUT2D eigenvalue weighted by molar-refractivity contribution is 6.31. The summed E-state index contributed by atoms with van der Waals surface area (Å²) in [5.41, 5.74) is 1.07. The summed E-state index contributed by atoms with van der Waals surface area (Å²) >= 11 is 5.98. The van der Waals surface area contributed by atoms with Crippen molar-refractivity contribution in [1.29, 1.82) is 0 Å². The molecule has 0 aliphatic rings. The number of carbonyl (C=O) groups is 1. The highest BCUT2D eigenvalue weighted by Crippen LogP contribution is 2.20. The van der Waals surface area contributed by atoms with Crippen LogP contribution in [0, 0.1) is 11.7 Å². The smallest absolute Gasteiger partial charge is 0.166 e. The van der Waals surface area contributed by atoms with Crippen LogP contribution >= 0.6 is 11.6 Å². The molecule has 1 aromatic heterocycles. The molecule has 2 rings (SSSR count). The second-order valence-corrected chi connectivity index (χ2v) is 5.20. The van der Waals surface area contributed by atoms with Crippen LogP contribution in [0.3, 0.4) is 0 Å². The van der Waals surface area contributed by atoms with Gasteiger partial charge >= 0.3 is 0 Å². The molecular formula is C15H15ClFNO. The maximum absolute atomic E-state index is 13.7. The quantitative estimate of drug-likeness (QED) is 0.770. The van der Waals surface area contributed by atoms with Gasteiger partial charge in [-0.15, -0.1) is 0 Å². The minimum Gasteiger partial charge on any atom is -0.349 e. The molecule has 0 unspecified atom stereocenters. The summed E-state index contributed by atoms with van der Waals surface area (Å²) in [5.74, 6) is -0.302. The molecule has 0 atom stereocenters. The van der Waals surface area contributed by atoms with Gasteiger partial charge in [-0.2, -0.15) is 0 Å². The van der Waals surface area contributed by atoms with Gasteiger partial charge in [0.25, 0.3) is 0 Å². The van der Waals surface area contributed by atoms with E-state index in [4.69, 9.17) is 11.6 Å². The molecule has 0 N–H and O–H groups in total. The predicted octanol–water partition coefficient (Wildman–Crippen LogP) is 4.17. The van der Waals surface area contributed by atoms with Crippen molar-refractivity contribution in [3.8, 4) is 0 Å². The zero-order valence-corrected chi connectivity index (χ0v) is 11.6. The van der Waals surface area contributed by atoms with E-state index in [0.29, 0.717) is 22.7 Å². The Morgan fingerprint density at radius 1 is 1.37 bits per heavy atom. The van der Waals surface area contributed by atoms with Crippen LogP contribution in [0.5, 0.6) is 0 Å². The summed E-state index contributed by atoms with van der Waals surface area (Å²) in [4.78, 5) is 11.8. The summed E-state index contributed by atoms with van der Waals surface area (Å²) < 4.78 is 15.4. The number of nitrogens with zero attached hydrogens (tertiary/aromatic N) is 1. The molecule has 4 heteroatoms. The van der Waals surface area contributed by atoms with Crippen LogP contribution in [0.1, 0.15) is 29.8 Å². The molecule has 0 spiro atoms. The first kappa shape index (κ1) is 13.8. The van der Waals surface area contributed by atoms with Gasteiger partial charge in [0, 0.05) is 34.5 Å². The van der Waals surface area contributed by atoms with Gasteiger partial charge in [0.05, 0.1) is 6.54 Å². The van der Waals surface area contributed by atoms with Gasteiger partial charge in [0.1, 0.15) is 5.82 Å². The number of hydrogen-bond donors (Lipinski definition) is 0. The average Bonchev–Trinajstić information content (AvgIpc) is 2.81. The molecule has 0 saturated heterocycles. The third-order valence-electron chi connectivity index (χ3n) is 2.96. The van der Waals surface area contributed by atoms with Crippen molar-refractivity contribution in [3.05, 3.63) is 58.6 Å². The predicted molar refractivity (Wildman–Crippen MR) is 74.1 cm³/mol. The highest BCUT2D eigenvalue weighted by Gasteiger charge is 2.13. The number of hydrogen-bond acceptors (Lipinski definition) is 1. The molecule has 2 aromatic rings. The number of carbonyl (C=O) groups excluding carboxylic acids is 1. The van der Waals surface area contributed by atoms with Crippen LogP contribution in [0.15, 0.2) is 36.7 Å². The van der Waals surface area contributed by atoms with Crippen molar-refractivity contribution >= 4 is 17.4 Å². The first-order valence-corrected chi connectivity index (χ1v) is 6.49. The third-order valence-corrected chi connectivity index (χ3v) is 3.32. The van der Waals surface area contributed by atoms with Gasteiger partial charge in [0.2, 0.25) is 0 Å². The molecular weight excluding hydrogens is 265 g/mol. The normalized spacial score (nSPS) is 11.0. The summed E-state index contributed by atoms with van der Waals surface area (Å²) in [6, 6.07) is 6.36. The minimum absolute atomic E-state index is 0.0482. The van der Waals surface area contributed by atoms with Crippen LogP contribution in [-0.4, -0.2) is 10.4 Å². The maximum Gasteiger partial charge on any atom is 0.166 e. The Hall–Kier alpha value is -1.61.